The van der Waals surface area contributed by atoms with Gasteiger partial charge in [0.2, 0.25) is 0 Å². The van der Waals surface area contributed by atoms with E-state index in [1.54, 1.807) is 12.2 Å². The van der Waals surface area contributed by atoms with Gasteiger partial charge in [-0.25, -0.2) is 4.39 Å². The molecule has 0 aromatic carbocycles. The van der Waals surface area contributed by atoms with Crippen LogP contribution in [0.15, 0.2) is 65.0 Å². The van der Waals surface area contributed by atoms with Crippen LogP contribution < -0.4 is 5.32 Å². The molecule has 0 heterocycles. The Morgan fingerprint density at radius 1 is 1.35 bits per heavy atom. The number of nitrogens with one attached hydrogen (secondary N) is 1. The molecule has 0 saturated heterocycles. The number of hydrogen-bond donors (Lipinski definition) is 2. The lowest BCUT2D eigenvalue weighted by atomic mass is 10.2. The van der Waals surface area contributed by atoms with E-state index in [0.29, 0.717) is 24.4 Å². The zero-order valence-corrected chi connectivity index (χ0v) is 16.2. The molecule has 0 bridgehead atoms. The van der Waals surface area contributed by atoms with Gasteiger partial charge in [0, 0.05) is 31.4 Å². The molecule has 0 unspecified atom stereocenters. The molecule has 0 aliphatic carbocycles. The van der Waals surface area contributed by atoms with Crippen LogP contribution in [-0.2, 0) is 0 Å². The van der Waals surface area contributed by atoms with Gasteiger partial charge in [-0.2, -0.15) is 0 Å². The van der Waals surface area contributed by atoms with Gasteiger partial charge in [-0.05, 0) is 44.9 Å². The molecule has 0 aliphatic heterocycles. The van der Waals surface area contributed by atoms with Crippen LogP contribution in [0.3, 0.4) is 0 Å². The van der Waals surface area contributed by atoms with E-state index in [2.05, 4.69) is 28.7 Å². The number of alkyl halides is 1. The lowest BCUT2D eigenvalue weighted by Crippen LogP contribution is -2.20. The fourth-order valence-electron chi connectivity index (χ4n) is 1.90. The Hall–Kier alpha value is -2.58. The second-order valence-electron chi connectivity index (χ2n) is 5.31. The smallest absolute Gasteiger partial charge is 0.108 e. The summed E-state index contributed by atoms with van der Waals surface area (Å²) < 4.78 is 12.2. The van der Waals surface area contributed by atoms with E-state index in [1.807, 2.05) is 50.9 Å². The third kappa shape index (κ3) is 11.1. The molecule has 0 saturated carbocycles. The number of nitrogens with zero attached hydrogens (tertiary/aromatic N) is 2. The maximum atomic E-state index is 12.2. The number of aliphatic imine (C=N–C) groups is 1. The number of likely N-dealkylation sites (N-methyl/N-ethyl adjacent to an activating group) is 1. The van der Waals surface area contributed by atoms with E-state index in [1.165, 1.54) is 6.08 Å². The van der Waals surface area contributed by atoms with Gasteiger partial charge in [0.05, 0.1) is 18.1 Å². The highest BCUT2D eigenvalue weighted by Gasteiger charge is 1.98. The number of aliphatic hydroxyl groups is 1. The van der Waals surface area contributed by atoms with Crippen LogP contribution in [0.1, 0.15) is 20.8 Å². The average Bonchev–Trinajstić information content (AvgIpc) is 2.60. The molecular formula is C21H30FN3O. The first-order valence-corrected chi connectivity index (χ1v) is 8.56. The van der Waals surface area contributed by atoms with Gasteiger partial charge in [0.1, 0.15) is 6.67 Å². The topological polar surface area (TPSA) is 47.9 Å². The van der Waals surface area contributed by atoms with Gasteiger partial charge in [-0.15, -0.1) is 0 Å². The summed E-state index contributed by atoms with van der Waals surface area (Å²) >= 11 is 0. The number of allylic oxidation sites excluding steroid dienone is 8. The highest BCUT2D eigenvalue weighted by molar-refractivity contribution is 5.82. The molecule has 142 valence electrons. The summed E-state index contributed by atoms with van der Waals surface area (Å²) in [6.45, 7) is 10.4. The van der Waals surface area contributed by atoms with E-state index in [9.17, 15) is 4.39 Å². The summed E-state index contributed by atoms with van der Waals surface area (Å²) in [6.07, 6.45) is 10.4. The minimum Gasteiger partial charge on any atom is -0.395 e. The molecule has 0 radical (unpaired) electrons. The monoisotopic (exact) mass is 359 g/mol. The van der Waals surface area contributed by atoms with Crippen LogP contribution >= 0.6 is 0 Å². The van der Waals surface area contributed by atoms with Crippen LogP contribution in [0.2, 0.25) is 0 Å². The van der Waals surface area contributed by atoms with Crippen molar-refractivity contribution in [2.24, 2.45) is 4.99 Å². The molecule has 0 aromatic rings. The highest BCUT2D eigenvalue weighted by atomic mass is 19.1. The third-order valence-electron chi connectivity index (χ3n) is 3.18. The van der Waals surface area contributed by atoms with Crippen LogP contribution in [0.5, 0.6) is 0 Å². The first kappa shape index (κ1) is 23.4. The molecule has 0 amide bonds. The second-order valence-corrected chi connectivity index (χ2v) is 5.31. The van der Waals surface area contributed by atoms with Crippen LogP contribution in [-0.4, -0.2) is 49.3 Å². The van der Waals surface area contributed by atoms with Crippen molar-refractivity contribution in [3.05, 3.63) is 60.0 Å². The quantitative estimate of drug-likeness (QED) is 0.287. The van der Waals surface area contributed by atoms with Gasteiger partial charge in [0.25, 0.3) is 0 Å². The van der Waals surface area contributed by atoms with Gasteiger partial charge in [0.15, 0.2) is 0 Å². The van der Waals surface area contributed by atoms with E-state index in [-0.39, 0.29) is 6.61 Å². The maximum Gasteiger partial charge on any atom is 0.108 e. The zero-order chi connectivity index (χ0) is 19.8. The predicted molar refractivity (Wildman–Crippen MR) is 110 cm³/mol. The zero-order valence-electron chi connectivity index (χ0n) is 16.2. The average molecular weight is 359 g/mol. The molecule has 2 N–H and O–H groups in total. The van der Waals surface area contributed by atoms with E-state index >= 15 is 0 Å². The van der Waals surface area contributed by atoms with Crippen molar-refractivity contribution in [3.8, 4) is 11.8 Å². The number of aliphatic hydroxyl groups excluding tert-OH is 1. The Morgan fingerprint density at radius 2 is 2.08 bits per heavy atom. The first-order chi connectivity index (χ1) is 12.5. The lowest BCUT2D eigenvalue weighted by molar-refractivity contribution is 0.248. The number of hydrogen-bond acceptors (Lipinski definition) is 3. The minimum atomic E-state index is -0.526. The van der Waals surface area contributed by atoms with Gasteiger partial charge < -0.3 is 15.3 Å². The summed E-state index contributed by atoms with van der Waals surface area (Å²) in [5.41, 5.74) is 2.21. The molecule has 0 fully saturated rings. The molecule has 0 aliphatic rings. The Bertz CT molecular complexity index is 646. The van der Waals surface area contributed by atoms with Crippen molar-refractivity contribution < 1.29 is 9.50 Å². The summed E-state index contributed by atoms with van der Waals surface area (Å²) in [5.74, 6) is 6.69. The fraction of sp³-hybridized carbons (Fsp3) is 0.381. The van der Waals surface area contributed by atoms with E-state index < -0.39 is 6.67 Å². The molecule has 0 atom stereocenters. The van der Waals surface area contributed by atoms with Crippen molar-refractivity contribution in [1.82, 2.24) is 10.2 Å². The van der Waals surface area contributed by atoms with E-state index in [0.717, 1.165) is 11.5 Å². The van der Waals surface area contributed by atoms with Crippen molar-refractivity contribution in [1.29, 1.82) is 0 Å². The fourth-order valence-corrected chi connectivity index (χ4v) is 1.90. The molecule has 5 heteroatoms. The summed E-state index contributed by atoms with van der Waals surface area (Å²) in [6, 6.07) is 0. The van der Waals surface area contributed by atoms with E-state index in [4.69, 9.17) is 5.11 Å². The first-order valence-electron chi connectivity index (χ1n) is 8.56. The lowest BCUT2D eigenvalue weighted by Gasteiger charge is -2.18. The third-order valence-corrected chi connectivity index (χ3v) is 3.18. The van der Waals surface area contributed by atoms with Crippen LogP contribution in [0, 0.1) is 11.8 Å². The van der Waals surface area contributed by atoms with Crippen LogP contribution in [0.25, 0.3) is 0 Å². The normalized spacial score (nSPS) is 13.1. The molecule has 26 heavy (non-hydrogen) atoms. The summed E-state index contributed by atoms with van der Waals surface area (Å²) in [7, 11) is 1.90. The predicted octanol–water partition coefficient (Wildman–Crippen LogP) is 3.37. The standard InChI is InChI=1S/C21H30FN3O/c1-6-21(25(5)16-17-26)14-12-18(3)11-13-20(10-8-9-15-22)24-19(4)23-7-2/h6,8-10,12,14,26H,3,7,15-17H2,1-2,4-5H3,(H,23,24)/b9-8+,14-12-,20-10-,21-6+. The maximum absolute atomic E-state index is 12.2. The molecular weight excluding hydrogens is 329 g/mol. The number of rotatable bonds is 9. The van der Waals surface area contributed by atoms with Gasteiger partial charge in [-0.1, -0.05) is 30.7 Å². The minimum absolute atomic E-state index is 0.0906. The van der Waals surface area contributed by atoms with Gasteiger partial charge >= 0.3 is 0 Å². The highest BCUT2D eigenvalue weighted by Crippen LogP contribution is 2.05. The molecule has 0 rings (SSSR count). The van der Waals surface area contributed by atoms with Crippen molar-refractivity contribution >= 4 is 5.84 Å². The Labute approximate surface area is 157 Å². The number of amidine groups is 1. The Morgan fingerprint density at radius 3 is 2.65 bits per heavy atom. The Balaban J connectivity index is 5.18. The molecule has 0 spiro atoms. The largest absolute Gasteiger partial charge is 0.395 e. The second kappa shape index (κ2) is 14.7. The van der Waals surface area contributed by atoms with Gasteiger partial charge in [-0.3, -0.25) is 4.99 Å². The van der Waals surface area contributed by atoms with Crippen molar-refractivity contribution in [2.75, 3.05) is 33.4 Å². The summed E-state index contributed by atoms with van der Waals surface area (Å²) in [5, 5.41) is 12.1. The number of halogens is 1. The Kier molecular flexibility index (Phi) is 13.3. The van der Waals surface area contributed by atoms with Crippen molar-refractivity contribution in [2.45, 2.75) is 20.8 Å². The SMILES string of the molecule is C=C(C#C/C(=C/C=C/CF)N/C(C)=N/CC)/C=C\C(=C/C)N(C)CCO. The molecule has 4 nitrogen and oxygen atoms in total. The van der Waals surface area contributed by atoms with Crippen LogP contribution in [0.4, 0.5) is 4.39 Å². The molecule has 0 aromatic heterocycles. The summed E-state index contributed by atoms with van der Waals surface area (Å²) in [4.78, 5) is 6.20. The van der Waals surface area contributed by atoms with Crippen molar-refractivity contribution in [3.63, 3.8) is 0 Å².